The largest absolute Gasteiger partial charge is 0.466 e. The molecule has 0 aliphatic carbocycles. The van der Waals surface area contributed by atoms with Crippen LogP contribution in [0.2, 0.25) is 0 Å². The summed E-state index contributed by atoms with van der Waals surface area (Å²) in [6, 6.07) is 7.49. The van der Waals surface area contributed by atoms with Crippen LogP contribution in [0.1, 0.15) is 49.5 Å². The molecule has 5 nitrogen and oxygen atoms in total. The second-order valence-electron chi connectivity index (χ2n) is 5.99. The van der Waals surface area contributed by atoms with E-state index in [0.29, 0.717) is 31.9 Å². The molecule has 24 heavy (non-hydrogen) atoms. The van der Waals surface area contributed by atoms with E-state index in [4.69, 9.17) is 9.47 Å². The molecule has 0 unspecified atom stereocenters. The Morgan fingerprint density at radius 3 is 2.58 bits per heavy atom. The van der Waals surface area contributed by atoms with Crippen molar-refractivity contribution in [3.63, 3.8) is 0 Å². The number of amides is 1. The third kappa shape index (κ3) is 7.59. The van der Waals surface area contributed by atoms with E-state index in [1.54, 1.807) is 17.9 Å². The van der Waals surface area contributed by atoms with Crippen LogP contribution in [0.15, 0.2) is 24.3 Å². The van der Waals surface area contributed by atoms with Gasteiger partial charge in [0, 0.05) is 25.3 Å². The smallest absolute Gasteiger partial charge is 0.307 e. The third-order valence-corrected chi connectivity index (χ3v) is 3.47. The zero-order chi connectivity index (χ0) is 17.9. The minimum Gasteiger partial charge on any atom is -0.466 e. The Kier molecular flexibility index (Phi) is 9.08. The second-order valence-corrected chi connectivity index (χ2v) is 5.99. The molecule has 0 radical (unpaired) electrons. The molecule has 0 aromatic heterocycles. The molecule has 0 saturated carbocycles. The third-order valence-electron chi connectivity index (χ3n) is 3.47. The van der Waals surface area contributed by atoms with Gasteiger partial charge in [0.2, 0.25) is 0 Å². The van der Waals surface area contributed by atoms with Crippen LogP contribution < -0.4 is 0 Å². The summed E-state index contributed by atoms with van der Waals surface area (Å²) in [6.45, 7) is 9.55. The average molecular weight is 335 g/mol. The number of carbonyl (C=O) groups excluding carboxylic acids is 2. The normalized spacial score (nSPS) is 10.7. The lowest BCUT2D eigenvalue weighted by Gasteiger charge is -2.23. The molecule has 0 bridgehead atoms. The van der Waals surface area contributed by atoms with Crippen LogP contribution in [0.3, 0.4) is 0 Å². The molecule has 0 fully saturated rings. The van der Waals surface area contributed by atoms with E-state index >= 15 is 0 Å². The highest BCUT2D eigenvalue weighted by Gasteiger charge is 2.17. The van der Waals surface area contributed by atoms with Gasteiger partial charge in [-0.25, -0.2) is 0 Å². The first kappa shape index (κ1) is 20.2. The summed E-state index contributed by atoms with van der Waals surface area (Å²) < 4.78 is 10.5. The Balaban J connectivity index is 2.67. The zero-order valence-corrected chi connectivity index (χ0v) is 15.2. The summed E-state index contributed by atoms with van der Waals surface area (Å²) in [7, 11) is 0. The lowest BCUT2D eigenvalue weighted by molar-refractivity contribution is -0.143. The van der Waals surface area contributed by atoms with Crippen LogP contribution in [-0.2, 0) is 14.3 Å². The summed E-state index contributed by atoms with van der Waals surface area (Å²) in [6.07, 6.45) is 1.11. The minimum atomic E-state index is -0.280. The van der Waals surface area contributed by atoms with Gasteiger partial charge in [0.15, 0.2) is 0 Å². The molecule has 0 spiro atoms. The first-order chi connectivity index (χ1) is 11.4. The Morgan fingerprint density at radius 1 is 1.21 bits per heavy atom. The van der Waals surface area contributed by atoms with E-state index in [0.717, 1.165) is 12.0 Å². The number of ether oxygens (including phenoxy) is 2. The second kappa shape index (κ2) is 10.8. The van der Waals surface area contributed by atoms with Gasteiger partial charge in [-0.15, -0.1) is 0 Å². The van der Waals surface area contributed by atoms with Crippen LogP contribution in [0.5, 0.6) is 0 Å². The molecular formula is C19H29NO4. The number of benzene rings is 1. The van der Waals surface area contributed by atoms with E-state index in [-0.39, 0.29) is 24.4 Å². The summed E-state index contributed by atoms with van der Waals surface area (Å²) in [4.78, 5) is 26.0. The molecule has 134 valence electrons. The number of aryl methyl sites for hydroxylation is 1. The maximum atomic E-state index is 12.7. The van der Waals surface area contributed by atoms with Crippen LogP contribution in [0, 0.1) is 6.92 Å². The predicted molar refractivity (Wildman–Crippen MR) is 94.0 cm³/mol. The first-order valence-electron chi connectivity index (χ1n) is 8.57. The van der Waals surface area contributed by atoms with Gasteiger partial charge in [-0.2, -0.15) is 0 Å². The molecule has 1 rings (SSSR count). The highest BCUT2D eigenvalue weighted by molar-refractivity contribution is 5.94. The van der Waals surface area contributed by atoms with Gasteiger partial charge in [-0.05, 0) is 46.2 Å². The Bertz CT molecular complexity index is 528. The van der Waals surface area contributed by atoms with Gasteiger partial charge < -0.3 is 14.4 Å². The first-order valence-corrected chi connectivity index (χ1v) is 8.57. The number of nitrogens with zero attached hydrogens (tertiary/aromatic N) is 1. The Labute approximate surface area is 144 Å². The van der Waals surface area contributed by atoms with Crippen molar-refractivity contribution in [2.75, 3.05) is 26.3 Å². The van der Waals surface area contributed by atoms with E-state index in [9.17, 15) is 9.59 Å². The van der Waals surface area contributed by atoms with E-state index in [2.05, 4.69) is 0 Å². The average Bonchev–Trinajstić information content (AvgIpc) is 2.53. The lowest BCUT2D eigenvalue weighted by atomic mass is 10.1. The van der Waals surface area contributed by atoms with Crippen molar-refractivity contribution in [1.82, 2.24) is 4.90 Å². The number of rotatable bonds is 10. The fourth-order valence-corrected chi connectivity index (χ4v) is 2.31. The number of carbonyl (C=O) groups is 2. The quantitative estimate of drug-likeness (QED) is 0.487. The molecule has 0 saturated heterocycles. The molecule has 1 aromatic rings. The fraction of sp³-hybridized carbons (Fsp3) is 0.579. The van der Waals surface area contributed by atoms with Gasteiger partial charge in [0.25, 0.3) is 5.91 Å². The molecule has 1 amide bonds. The van der Waals surface area contributed by atoms with Gasteiger partial charge in [0.05, 0.1) is 19.1 Å². The molecule has 0 N–H and O–H groups in total. The highest BCUT2D eigenvalue weighted by Crippen LogP contribution is 2.10. The van der Waals surface area contributed by atoms with Gasteiger partial charge in [-0.3, -0.25) is 9.59 Å². The van der Waals surface area contributed by atoms with E-state index < -0.39 is 0 Å². The molecule has 1 aromatic carbocycles. The van der Waals surface area contributed by atoms with Crippen LogP contribution >= 0.6 is 0 Å². The van der Waals surface area contributed by atoms with Gasteiger partial charge in [-0.1, -0.05) is 17.7 Å². The zero-order valence-electron chi connectivity index (χ0n) is 15.2. The van der Waals surface area contributed by atoms with Crippen LogP contribution in [0.25, 0.3) is 0 Å². The lowest BCUT2D eigenvalue weighted by Crippen LogP contribution is -2.34. The Hall–Kier alpha value is -1.88. The van der Waals surface area contributed by atoms with Crippen molar-refractivity contribution in [1.29, 1.82) is 0 Å². The minimum absolute atomic E-state index is 0.0625. The van der Waals surface area contributed by atoms with Crippen molar-refractivity contribution in [3.05, 3.63) is 35.4 Å². The van der Waals surface area contributed by atoms with Crippen LogP contribution in [-0.4, -0.2) is 49.2 Å². The van der Waals surface area contributed by atoms with Crippen molar-refractivity contribution < 1.29 is 19.1 Å². The molecule has 0 heterocycles. The summed E-state index contributed by atoms with van der Waals surface area (Å²) in [5.74, 6) is -0.342. The molecular weight excluding hydrogens is 306 g/mol. The van der Waals surface area contributed by atoms with Gasteiger partial charge in [0.1, 0.15) is 0 Å². The predicted octanol–water partition coefficient (Wildman–Crippen LogP) is 3.21. The number of esters is 1. The Morgan fingerprint density at radius 2 is 1.96 bits per heavy atom. The van der Waals surface area contributed by atoms with Crippen molar-refractivity contribution in [3.8, 4) is 0 Å². The fourth-order valence-electron chi connectivity index (χ4n) is 2.31. The molecule has 0 aliphatic heterocycles. The topological polar surface area (TPSA) is 55.8 Å². The molecule has 0 atom stereocenters. The standard InChI is InChI=1S/C19H29NO4/c1-5-23-18(21)10-12-20(11-7-13-24-15(2)3)19(22)17-9-6-8-16(4)14-17/h6,8-9,14-15H,5,7,10-13H2,1-4H3. The number of hydrogen-bond acceptors (Lipinski definition) is 4. The van der Waals surface area contributed by atoms with Crippen molar-refractivity contribution >= 4 is 11.9 Å². The summed E-state index contributed by atoms with van der Waals surface area (Å²) in [5.41, 5.74) is 1.68. The molecule has 0 aliphatic rings. The summed E-state index contributed by atoms with van der Waals surface area (Å²) in [5, 5.41) is 0. The molecule has 5 heteroatoms. The van der Waals surface area contributed by atoms with Crippen molar-refractivity contribution in [2.45, 2.75) is 46.6 Å². The van der Waals surface area contributed by atoms with Crippen molar-refractivity contribution in [2.24, 2.45) is 0 Å². The van der Waals surface area contributed by atoms with E-state index in [1.807, 2.05) is 39.0 Å². The summed E-state index contributed by atoms with van der Waals surface area (Å²) >= 11 is 0. The van der Waals surface area contributed by atoms with Gasteiger partial charge >= 0.3 is 5.97 Å². The number of hydrogen-bond donors (Lipinski definition) is 0. The van der Waals surface area contributed by atoms with E-state index in [1.165, 1.54) is 0 Å². The SMILES string of the molecule is CCOC(=O)CCN(CCCOC(C)C)C(=O)c1cccc(C)c1. The monoisotopic (exact) mass is 335 g/mol. The highest BCUT2D eigenvalue weighted by atomic mass is 16.5. The maximum Gasteiger partial charge on any atom is 0.307 e. The van der Waals surface area contributed by atoms with Crippen LogP contribution in [0.4, 0.5) is 0 Å². The maximum absolute atomic E-state index is 12.7.